The fourth-order valence-electron chi connectivity index (χ4n) is 2.93. The zero-order valence-corrected chi connectivity index (χ0v) is 13.3. The van der Waals surface area contributed by atoms with Crippen molar-refractivity contribution in [2.75, 3.05) is 13.2 Å². The van der Waals surface area contributed by atoms with Crippen LogP contribution in [0.2, 0.25) is 0 Å². The summed E-state index contributed by atoms with van der Waals surface area (Å²) < 4.78 is 16.3. The Balaban J connectivity index is 2.08. The maximum absolute atomic E-state index is 9.99. The van der Waals surface area contributed by atoms with Crippen LogP contribution in [-0.4, -0.2) is 110 Å². The minimum absolute atomic E-state index is 0.0617. The molecule has 0 aromatic heterocycles. The van der Waals surface area contributed by atoms with Crippen LogP contribution in [0.4, 0.5) is 0 Å². The Morgan fingerprint density at radius 1 is 0.833 bits per heavy atom. The molecule has 10 nitrogen and oxygen atoms in total. The van der Waals surface area contributed by atoms with E-state index in [1.165, 1.54) is 0 Å². The molecular formula is C14H26O10. The Bertz CT molecular complexity index is 394. The quantitative estimate of drug-likeness (QED) is 0.264. The van der Waals surface area contributed by atoms with Crippen LogP contribution in [-0.2, 0) is 14.2 Å². The lowest BCUT2D eigenvalue weighted by Gasteiger charge is -2.41. The highest BCUT2D eigenvalue weighted by molar-refractivity contribution is 4.91. The third kappa shape index (κ3) is 4.05. The topological polar surface area (TPSA) is 169 Å². The molecule has 0 radical (unpaired) electrons. The van der Waals surface area contributed by atoms with E-state index in [9.17, 15) is 35.7 Å². The molecule has 2 rings (SSSR count). The molecule has 2 fully saturated rings. The van der Waals surface area contributed by atoms with E-state index in [1.807, 2.05) is 0 Å². The highest BCUT2D eigenvalue weighted by atomic mass is 16.7. The summed E-state index contributed by atoms with van der Waals surface area (Å²) >= 11 is 0. The number of ether oxygens (including phenoxy) is 3. The zero-order chi connectivity index (χ0) is 18.0. The van der Waals surface area contributed by atoms with Gasteiger partial charge < -0.3 is 50.0 Å². The fourth-order valence-corrected chi connectivity index (χ4v) is 2.93. The van der Waals surface area contributed by atoms with Gasteiger partial charge in [0.25, 0.3) is 0 Å². The molecule has 10 atom stereocenters. The van der Waals surface area contributed by atoms with Crippen LogP contribution in [0.25, 0.3) is 0 Å². The van der Waals surface area contributed by atoms with Gasteiger partial charge in [0.2, 0.25) is 0 Å². The number of rotatable bonds is 4. The van der Waals surface area contributed by atoms with Crippen LogP contribution in [0, 0.1) is 0 Å². The summed E-state index contributed by atoms with van der Waals surface area (Å²) in [6, 6.07) is 0. The van der Waals surface area contributed by atoms with Crippen molar-refractivity contribution in [3.63, 3.8) is 0 Å². The molecule has 10 heteroatoms. The van der Waals surface area contributed by atoms with Gasteiger partial charge in [-0.15, -0.1) is 0 Å². The molecule has 10 unspecified atom stereocenters. The summed E-state index contributed by atoms with van der Waals surface area (Å²) in [5, 5.41) is 67.8. The Labute approximate surface area is 138 Å². The molecule has 24 heavy (non-hydrogen) atoms. The zero-order valence-electron chi connectivity index (χ0n) is 13.3. The second kappa shape index (κ2) is 8.32. The molecule has 0 spiro atoms. The molecule has 2 saturated heterocycles. The Kier molecular flexibility index (Phi) is 6.90. The molecule has 2 aliphatic rings. The van der Waals surface area contributed by atoms with Crippen LogP contribution < -0.4 is 0 Å². The SMILES string of the molecule is CC1OC(CO)C(O)C(O)CC1OC1OC(CO)C(O)C(O)C1O. The van der Waals surface area contributed by atoms with Gasteiger partial charge in [0.1, 0.15) is 36.6 Å². The van der Waals surface area contributed by atoms with E-state index >= 15 is 0 Å². The molecular weight excluding hydrogens is 328 g/mol. The molecule has 2 heterocycles. The summed E-state index contributed by atoms with van der Waals surface area (Å²) in [7, 11) is 0. The fraction of sp³-hybridized carbons (Fsp3) is 1.00. The number of aliphatic hydroxyl groups is 7. The Hall–Kier alpha value is -0.400. The van der Waals surface area contributed by atoms with Crippen LogP contribution >= 0.6 is 0 Å². The van der Waals surface area contributed by atoms with E-state index in [2.05, 4.69) is 0 Å². The summed E-state index contributed by atoms with van der Waals surface area (Å²) in [5.74, 6) is 0. The lowest BCUT2D eigenvalue weighted by atomic mass is 9.98. The molecule has 0 bridgehead atoms. The first-order valence-electron chi connectivity index (χ1n) is 7.88. The average Bonchev–Trinajstić information content (AvgIpc) is 2.67. The van der Waals surface area contributed by atoms with Crippen LogP contribution in [0.1, 0.15) is 13.3 Å². The molecule has 7 N–H and O–H groups in total. The monoisotopic (exact) mass is 354 g/mol. The van der Waals surface area contributed by atoms with Gasteiger partial charge in [0, 0.05) is 6.42 Å². The van der Waals surface area contributed by atoms with Crippen molar-refractivity contribution in [3.8, 4) is 0 Å². The summed E-state index contributed by atoms with van der Waals surface area (Å²) in [5.41, 5.74) is 0. The molecule has 0 aromatic carbocycles. The normalized spacial score (nSPS) is 50.5. The first-order chi connectivity index (χ1) is 11.3. The molecule has 0 aliphatic carbocycles. The van der Waals surface area contributed by atoms with Crippen molar-refractivity contribution < 1.29 is 50.0 Å². The van der Waals surface area contributed by atoms with Gasteiger partial charge in [-0.3, -0.25) is 0 Å². The van der Waals surface area contributed by atoms with Gasteiger partial charge in [-0.2, -0.15) is 0 Å². The van der Waals surface area contributed by atoms with Crippen molar-refractivity contribution in [1.82, 2.24) is 0 Å². The smallest absolute Gasteiger partial charge is 0.187 e. The van der Waals surface area contributed by atoms with Gasteiger partial charge in [-0.1, -0.05) is 0 Å². The predicted molar refractivity (Wildman–Crippen MR) is 76.7 cm³/mol. The minimum Gasteiger partial charge on any atom is -0.394 e. The summed E-state index contributed by atoms with van der Waals surface area (Å²) in [4.78, 5) is 0. The van der Waals surface area contributed by atoms with E-state index in [1.54, 1.807) is 6.92 Å². The molecule has 0 aromatic rings. The van der Waals surface area contributed by atoms with Crippen molar-refractivity contribution in [2.45, 2.75) is 74.6 Å². The maximum Gasteiger partial charge on any atom is 0.187 e. The first-order valence-corrected chi connectivity index (χ1v) is 7.88. The second-order valence-electron chi connectivity index (χ2n) is 6.23. The van der Waals surface area contributed by atoms with Gasteiger partial charge in [0.15, 0.2) is 6.29 Å². The Morgan fingerprint density at radius 3 is 2.00 bits per heavy atom. The van der Waals surface area contributed by atoms with Crippen molar-refractivity contribution in [3.05, 3.63) is 0 Å². The first kappa shape index (κ1) is 19.9. The largest absolute Gasteiger partial charge is 0.394 e. The maximum atomic E-state index is 9.99. The van der Waals surface area contributed by atoms with Gasteiger partial charge in [-0.25, -0.2) is 0 Å². The Morgan fingerprint density at radius 2 is 1.42 bits per heavy atom. The van der Waals surface area contributed by atoms with Gasteiger partial charge >= 0.3 is 0 Å². The second-order valence-corrected chi connectivity index (χ2v) is 6.23. The van der Waals surface area contributed by atoms with Crippen molar-refractivity contribution >= 4 is 0 Å². The van der Waals surface area contributed by atoms with E-state index < -0.39 is 74.4 Å². The van der Waals surface area contributed by atoms with E-state index in [0.717, 1.165) is 0 Å². The van der Waals surface area contributed by atoms with Crippen LogP contribution in [0.5, 0.6) is 0 Å². The molecule has 0 amide bonds. The highest BCUT2D eigenvalue weighted by Crippen LogP contribution is 2.28. The van der Waals surface area contributed by atoms with Crippen molar-refractivity contribution in [1.29, 1.82) is 0 Å². The van der Waals surface area contributed by atoms with Gasteiger partial charge in [-0.05, 0) is 6.92 Å². The number of aliphatic hydroxyl groups excluding tert-OH is 7. The van der Waals surface area contributed by atoms with Crippen LogP contribution in [0.3, 0.4) is 0 Å². The average molecular weight is 354 g/mol. The van der Waals surface area contributed by atoms with E-state index in [-0.39, 0.29) is 6.42 Å². The lowest BCUT2D eigenvalue weighted by Crippen LogP contribution is -2.60. The van der Waals surface area contributed by atoms with E-state index in [4.69, 9.17) is 14.2 Å². The highest BCUT2D eigenvalue weighted by Gasteiger charge is 2.46. The predicted octanol–water partition coefficient (Wildman–Crippen LogP) is -3.94. The molecule has 0 saturated carbocycles. The number of hydrogen-bond acceptors (Lipinski definition) is 10. The summed E-state index contributed by atoms with van der Waals surface area (Å²) in [6.45, 7) is 0.521. The number of hydrogen-bond donors (Lipinski definition) is 7. The third-order valence-electron chi connectivity index (χ3n) is 4.50. The minimum atomic E-state index is -1.58. The standard InChI is InChI=1S/C14H26O10/c1-5-7(2-6(17)10(18)8(3-15)22-5)23-14-13(21)12(20)11(19)9(4-16)24-14/h5-21H,2-4H2,1H3. The van der Waals surface area contributed by atoms with Gasteiger partial charge in [0.05, 0.1) is 31.5 Å². The van der Waals surface area contributed by atoms with Crippen molar-refractivity contribution in [2.24, 2.45) is 0 Å². The third-order valence-corrected chi connectivity index (χ3v) is 4.50. The van der Waals surface area contributed by atoms with Crippen LogP contribution in [0.15, 0.2) is 0 Å². The van der Waals surface area contributed by atoms with E-state index in [0.29, 0.717) is 0 Å². The summed E-state index contributed by atoms with van der Waals surface area (Å²) in [6.07, 6.45) is -12.2. The molecule has 142 valence electrons. The molecule has 2 aliphatic heterocycles. The lowest BCUT2D eigenvalue weighted by molar-refractivity contribution is -0.318.